The van der Waals surface area contributed by atoms with E-state index in [1.807, 2.05) is 0 Å². The highest BCUT2D eigenvalue weighted by atomic mass is 32.2. The smallest absolute Gasteiger partial charge is 0.298 e. The molecule has 0 aliphatic carbocycles. The zero-order chi connectivity index (χ0) is 22.3. The molecule has 0 atom stereocenters. The van der Waals surface area contributed by atoms with Crippen LogP contribution in [0.1, 0.15) is 22.6 Å². The molecule has 2 heterocycles. The summed E-state index contributed by atoms with van der Waals surface area (Å²) in [5, 5.41) is 0.579. The normalized spacial score (nSPS) is 11.9. The van der Waals surface area contributed by atoms with E-state index in [1.165, 1.54) is 24.3 Å². The van der Waals surface area contributed by atoms with Gasteiger partial charge in [-0.2, -0.15) is 8.78 Å². The van der Waals surface area contributed by atoms with E-state index in [-0.39, 0.29) is 10.6 Å². The number of halogens is 2. The summed E-state index contributed by atoms with van der Waals surface area (Å²) in [6.45, 7) is -1.06. The Bertz CT molecular complexity index is 1390. The molecule has 0 bridgehead atoms. The molecule has 4 rings (SSSR count). The van der Waals surface area contributed by atoms with Gasteiger partial charge in [0.1, 0.15) is 6.29 Å². The molecule has 0 radical (unpaired) electrons. The second-order valence-corrected chi connectivity index (χ2v) is 9.26. The number of hydrogen-bond donors (Lipinski definition) is 0. The van der Waals surface area contributed by atoms with Gasteiger partial charge in [0.25, 0.3) is 0 Å². The van der Waals surface area contributed by atoms with Gasteiger partial charge in [0.15, 0.2) is 9.84 Å². The fourth-order valence-corrected chi connectivity index (χ4v) is 4.20. The summed E-state index contributed by atoms with van der Waals surface area (Å²) in [7, 11) is -3.39. The maximum Gasteiger partial charge on any atom is 0.319 e. The number of rotatable bonds is 5. The van der Waals surface area contributed by atoms with Crippen LogP contribution >= 0.6 is 0 Å². The Hall–Kier alpha value is -3.39. The SMILES string of the molecule is Cc1nc(-c2ccc(C=O)cc2)cc2c1cc(-c1ccc(S(C)(=O)=O)cc1)n2C(F)F. The largest absolute Gasteiger partial charge is 0.319 e. The van der Waals surface area contributed by atoms with E-state index in [1.54, 1.807) is 43.3 Å². The molecule has 0 N–H and O–H groups in total. The molecule has 8 heteroatoms. The van der Waals surface area contributed by atoms with Gasteiger partial charge in [0.05, 0.1) is 21.8 Å². The molecular weight excluding hydrogens is 422 g/mol. The molecule has 0 aliphatic heterocycles. The summed E-state index contributed by atoms with van der Waals surface area (Å²) in [5.41, 5.74) is 3.37. The Balaban J connectivity index is 1.90. The Morgan fingerprint density at radius 2 is 1.58 bits per heavy atom. The van der Waals surface area contributed by atoms with Crippen LogP contribution in [-0.2, 0) is 9.84 Å². The summed E-state index contributed by atoms with van der Waals surface area (Å²) in [6.07, 6.45) is 1.82. The van der Waals surface area contributed by atoms with Gasteiger partial charge in [0, 0.05) is 28.5 Å². The fraction of sp³-hybridized carbons (Fsp3) is 0.130. The molecule has 4 aromatic rings. The van der Waals surface area contributed by atoms with Crippen molar-refractivity contribution in [2.75, 3.05) is 6.26 Å². The Morgan fingerprint density at radius 1 is 0.968 bits per heavy atom. The number of aldehydes is 1. The lowest BCUT2D eigenvalue weighted by molar-refractivity contribution is 0.0769. The molecule has 0 aliphatic rings. The van der Waals surface area contributed by atoms with Gasteiger partial charge in [-0.15, -0.1) is 0 Å². The second kappa shape index (κ2) is 7.70. The number of pyridine rings is 1. The standard InChI is InChI=1S/C23H18F2N2O3S/c1-14-19-11-21(17-7-9-18(10-8-17)31(2,29)30)27(23(24)25)22(19)12-20(26-14)16-5-3-15(13-28)4-6-16/h3-13,23H,1-2H3. The molecule has 2 aromatic carbocycles. The number of aromatic nitrogens is 2. The maximum atomic E-state index is 14.1. The van der Waals surface area contributed by atoms with Crippen LogP contribution in [0.25, 0.3) is 33.4 Å². The molecule has 0 amide bonds. The minimum atomic E-state index is -3.39. The molecule has 2 aromatic heterocycles. The van der Waals surface area contributed by atoms with Crippen molar-refractivity contribution in [1.29, 1.82) is 0 Å². The van der Waals surface area contributed by atoms with Gasteiger partial charge in [-0.25, -0.2) is 8.42 Å². The van der Waals surface area contributed by atoms with Crippen LogP contribution in [0, 0.1) is 6.92 Å². The number of aryl methyl sites for hydroxylation is 1. The zero-order valence-corrected chi connectivity index (χ0v) is 17.5. The van der Waals surface area contributed by atoms with Gasteiger partial charge < -0.3 is 0 Å². The predicted molar refractivity (Wildman–Crippen MR) is 115 cm³/mol. The van der Waals surface area contributed by atoms with Crippen LogP contribution in [0.5, 0.6) is 0 Å². The third kappa shape index (κ3) is 3.86. The highest BCUT2D eigenvalue weighted by molar-refractivity contribution is 7.90. The van der Waals surface area contributed by atoms with Gasteiger partial charge >= 0.3 is 6.55 Å². The lowest BCUT2D eigenvalue weighted by Gasteiger charge is -2.11. The number of nitrogens with zero attached hydrogens (tertiary/aromatic N) is 2. The van der Waals surface area contributed by atoms with E-state index in [0.29, 0.717) is 39.0 Å². The number of carbonyl (C=O) groups excluding carboxylic acids is 1. The fourth-order valence-electron chi connectivity index (χ4n) is 3.57. The minimum absolute atomic E-state index is 0.120. The number of sulfone groups is 1. The Morgan fingerprint density at radius 3 is 2.13 bits per heavy atom. The lowest BCUT2D eigenvalue weighted by atomic mass is 10.1. The summed E-state index contributed by atoms with van der Waals surface area (Å²) < 4.78 is 52.6. The molecule has 0 fully saturated rings. The number of alkyl halides is 2. The lowest BCUT2D eigenvalue weighted by Crippen LogP contribution is -2.01. The number of hydrogen-bond acceptors (Lipinski definition) is 4. The number of benzene rings is 2. The summed E-state index contributed by atoms with van der Waals surface area (Å²) >= 11 is 0. The van der Waals surface area contributed by atoms with E-state index < -0.39 is 16.4 Å². The first kappa shape index (κ1) is 20.9. The summed E-state index contributed by atoms with van der Waals surface area (Å²) in [6, 6.07) is 15.8. The van der Waals surface area contributed by atoms with Gasteiger partial charge in [-0.1, -0.05) is 36.4 Å². The van der Waals surface area contributed by atoms with Gasteiger partial charge in [0.2, 0.25) is 0 Å². The van der Waals surface area contributed by atoms with Crippen LogP contribution in [0.2, 0.25) is 0 Å². The maximum absolute atomic E-state index is 14.1. The quantitative estimate of drug-likeness (QED) is 0.396. The Kier molecular flexibility index (Phi) is 5.18. The zero-order valence-electron chi connectivity index (χ0n) is 16.7. The van der Waals surface area contributed by atoms with Crippen molar-refractivity contribution < 1.29 is 22.0 Å². The summed E-state index contributed by atoms with van der Waals surface area (Å²) in [5.74, 6) is 0. The highest BCUT2D eigenvalue weighted by Gasteiger charge is 2.20. The number of carbonyl (C=O) groups is 1. The van der Waals surface area contributed by atoms with E-state index >= 15 is 0 Å². The highest BCUT2D eigenvalue weighted by Crippen LogP contribution is 2.36. The van der Waals surface area contributed by atoms with Crippen molar-refractivity contribution in [3.05, 3.63) is 71.9 Å². The molecule has 0 saturated carbocycles. The molecule has 0 spiro atoms. The molecule has 5 nitrogen and oxygen atoms in total. The van der Waals surface area contributed by atoms with E-state index in [0.717, 1.165) is 17.1 Å². The van der Waals surface area contributed by atoms with Crippen LogP contribution in [-0.4, -0.2) is 30.5 Å². The first-order valence-electron chi connectivity index (χ1n) is 9.36. The van der Waals surface area contributed by atoms with Crippen LogP contribution in [0.3, 0.4) is 0 Å². The van der Waals surface area contributed by atoms with Crippen LogP contribution in [0.4, 0.5) is 8.78 Å². The van der Waals surface area contributed by atoms with E-state index in [9.17, 15) is 22.0 Å². The second-order valence-electron chi connectivity index (χ2n) is 7.24. The van der Waals surface area contributed by atoms with Gasteiger partial charge in [-0.05, 0) is 36.8 Å². The first-order chi connectivity index (χ1) is 14.7. The molecular formula is C23H18F2N2O3S. The summed E-state index contributed by atoms with van der Waals surface area (Å²) in [4.78, 5) is 15.6. The topological polar surface area (TPSA) is 69.0 Å². The molecule has 31 heavy (non-hydrogen) atoms. The molecule has 0 saturated heterocycles. The van der Waals surface area contributed by atoms with Crippen molar-refractivity contribution in [3.8, 4) is 22.5 Å². The number of fused-ring (bicyclic) bond motifs is 1. The van der Waals surface area contributed by atoms with Crippen LogP contribution in [0.15, 0.2) is 65.6 Å². The monoisotopic (exact) mass is 440 g/mol. The van der Waals surface area contributed by atoms with Crippen LogP contribution < -0.4 is 0 Å². The third-order valence-corrected chi connectivity index (χ3v) is 6.27. The third-order valence-electron chi connectivity index (χ3n) is 5.14. The van der Waals surface area contributed by atoms with Crippen molar-refractivity contribution in [3.63, 3.8) is 0 Å². The van der Waals surface area contributed by atoms with Crippen molar-refractivity contribution in [1.82, 2.24) is 9.55 Å². The van der Waals surface area contributed by atoms with Crippen molar-refractivity contribution in [2.24, 2.45) is 0 Å². The average molecular weight is 440 g/mol. The van der Waals surface area contributed by atoms with Crippen molar-refractivity contribution in [2.45, 2.75) is 18.4 Å². The van der Waals surface area contributed by atoms with E-state index in [4.69, 9.17) is 0 Å². The molecule has 0 unspecified atom stereocenters. The predicted octanol–water partition coefficient (Wildman–Crippen LogP) is 5.29. The first-order valence-corrected chi connectivity index (χ1v) is 11.2. The van der Waals surface area contributed by atoms with E-state index in [2.05, 4.69) is 4.98 Å². The van der Waals surface area contributed by atoms with Crippen molar-refractivity contribution >= 4 is 27.0 Å². The average Bonchev–Trinajstić information content (AvgIpc) is 3.14. The van der Waals surface area contributed by atoms with Gasteiger partial charge in [-0.3, -0.25) is 14.3 Å². The molecule has 158 valence electrons. The minimum Gasteiger partial charge on any atom is -0.298 e. The Labute approximate surface area is 177 Å².